The molecule has 3 aromatic rings. The molecule has 2 amide bonds. The highest BCUT2D eigenvalue weighted by molar-refractivity contribution is 7.91. The lowest BCUT2D eigenvalue weighted by Gasteiger charge is -2.33. The normalized spacial score (nSPS) is 17.1. The smallest absolute Gasteiger partial charge is 0.339 e. The summed E-state index contributed by atoms with van der Waals surface area (Å²) < 4.78 is 63.9. The molecule has 4 heterocycles. The van der Waals surface area contributed by atoms with Crippen LogP contribution in [0.3, 0.4) is 0 Å². The van der Waals surface area contributed by atoms with Gasteiger partial charge in [0.2, 0.25) is 5.91 Å². The van der Waals surface area contributed by atoms with Crippen LogP contribution in [0.25, 0.3) is 10.6 Å². The number of sulfone groups is 1. The second-order valence-electron chi connectivity index (χ2n) is 9.13. The molecule has 1 saturated heterocycles. The molecule has 1 fully saturated rings. The van der Waals surface area contributed by atoms with Crippen molar-refractivity contribution in [3.8, 4) is 16.6 Å². The highest BCUT2D eigenvalue weighted by Gasteiger charge is 2.40. The number of nitrogens with one attached hydrogen (secondary N) is 2. The van der Waals surface area contributed by atoms with Crippen LogP contribution in [-0.4, -0.2) is 58.1 Å². The van der Waals surface area contributed by atoms with Gasteiger partial charge >= 0.3 is 6.18 Å². The van der Waals surface area contributed by atoms with Crippen molar-refractivity contribution < 1.29 is 31.2 Å². The van der Waals surface area contributed by atoms with Gasteiger partial charge in [-0.15, -0.1) is 11.3 Å². The van der Waals surface area contributed by atoms with Gasteiger partial charge in [0.25, 0.3) is 5.91 Å². The maximum absolute atomic E-state index is 13.3. The van der Waals surface area contributed by atoms with Gasteiger partial charge in [-0.05, 0) is 42.7 Å². The predicted octanol–water partition coefficient (Wildman–Crippen LogP) is 2.49. The van der Waals surface area contributed by atoms with Crippen LogP contribution in [0.4, 0.5) is 13.2 Å². The van der Waals surface area contributed by atoms with E-state index in [2.05, 4.69) is 20.7 Å². The molecule has 4 rings (SSSR count). The fourth-order valence-electron chi connectivity index (χ4n) is 4.10. The third-order valence-electron chi connectivity index (χ3n) is 6.29. The third-order valence-corrected chi connectivity index (χ3v) is 9.05. The summed E-state index contributed by atoms with van der Waals surface area (Å²) in [5.41, 5.74) is -1.67. The molecule has 1 aliphatic rings. The Labute approximate surface area is 225 Å². The van der Waals surface area contributed by atoms with Gasteiger partial charge in [-0.3, -0.25) is 19.3 Å². The zero-order valence-electron chi connectivity index (χ0n) is 20.5. The maximum Gasteiger partial charge on any atom is 0.435 e. The summed E-state index contributed by atoms with van der Waals surface area (Å²) in [6, 6.07) is 8.04. The van der Waals surface area contributed by atoms with Crippen LogP contribution in [0.15, 0.2) is 42.7 Å². The molecule has 3 aromatic heterocycles. The number of alkyl halides is 3. The van der Waals surface area contributed by atoms with E-state index < -0.39 is 45.1 Å². The quantitative estimate of drug-likeness (QED) is 0.437. The minimum Gasteiger partial charge on any atom is -0.339 e. The number of amides is 2. The summed E-state index contributed by atoms with van der Waals surface area (Å²) in [5, 5.41) is 18.5. The number of halogens is 3. The zero-order valence-corrected chi connectivity index (χ0v) is 22.2. The summed E-state index contributed by atoms with van der Waals surface area (Å²) in [6.45, 7) is 0. The average Bonchev–Trinajstić information content (AvgIpc) is 3.52. The standard InChI is InChI=1S/C24H23F3N6O4S2/c1-33-17(12-20(32-33)24(25,26)27)18-4-5-19(38-18)22(35)30-16(11-15-3-2-8-29-13-15)21(34)31-23(14-28)6-9-39(36,37)10-7-23/h2-5,8,12-13,16H,6-7,9-11H2,1H3,(H,30,35)(H,31,34)/t16-/m0/s1. The lowest BCUT2D eigenvalue weighted by molar-refractivity contribution is -0.141. The maximum atomic E-state index is 13.3. The number of carbonyl (C=O) groups is 2. The van der Waals surface area contributed by atoms with E-state index in [4.69, 9.17) is 0 Å². The Hall–Kier alpha value is -3.77. The van der Waals surface area contributed by atoms with Crippen molar-refractivity contribution in [1.82, 2.24) is 25.4 Å². The summed E-state index contributed by atoms with van der Waals surface area (Å²) in [7, 11) is -1.94. The molecule has 0 aliphatic carbocycles. The van der Waals surface area contributed by atoms with Crippen molar-refractivity contribution in [1.29, 1.82) is 5.26 Å². The number of carbonyl (C=O) groups excluding carboxylic acids is 2. The van der Waals surface area contributed by atoms with Crippen molar-refractivity contribution in [2.75, 3.05) is 11.5 Å². The van der Waals surface area contributed by atoms with Gasteiger partial charge in [0, 0.05) is 25.9 Å². The van der Waals surface area contributed by atoms with Crippen LogP contribution in [0.2, 0.25) is 0 Å². The number of pyridine rings is 1. The monoisotopic (exact) mass is 580 g/mol. The molecule has 0 radical (unpaired) electrons. The number of thiophene rings is 1. The zero-order chi connectivity index (χ0) is 28.4. The first-order chi connectivity index (χ1) is 18.3. The molecule has 1 atom stereocenters. The van der Waals surface area contributed by atoms with E-state index >= 15 is 0 Å². The lowest BCUT2D eigenvalue weighted by atomic mass is 9.93. The summed E-state index contributed by atoms with van der Waals surface area (Å²) in [5.74, 6) is -1.82. The van der Waals surface area contributed by atoms with E-state index in [-0.39, 0.29) is 41.3 Å². The van der Waals surface area contributed by atoms with E-state index in [0.29, 0.717) is 10.4 Å². The highest BCUT2D eigenvalue weighted by Crippen LogP contribution is 2.34. The first-order valence-electron chi connectivity index (χ1n) is 11.7. The minimum atomic E-state index is -4.62. The van der Waals surface area contributed by atoms with Crippen molar-refractivity contribution in [3.63, 3.8) is 0 Å². The Kier molecular flexibility index (Phi) is 7.80. The van der Waals surface area contributed by atoms with E-state index in [1.165, 1.54) is 25.4 Å². The summed E-state index contributed by atoms with van der Waals surface area (Å²) in [6.07, 6.45) is -1.69. The van der Waals surface area contributed by atoms with Crippen LogP contribution in [0.5, 0.6) is 0 Å². The van der Waals surface area contributed by atoms with E-state index in [0.717, 1.165) is 22.1 Å². The van der Waals surface area contributed by atoms with Gasteiger partial charge in [-0.1, -0.05) is 6.07 Å². The molecule has 15 heteroatoms. The molecule has 0 saturated carbocycles. The van der Waals surface area contributed by atoms with Crippen molar-refractivity contribution >= 4 is 33.0 Å². The van der Waals surface area contributed by atoms with Gasteiger partial charge < -0.3 is 10.6 Å². The molecular weight excluding hydrogens is 557 g/mol. The number of nitriles is 1. The average molecular weight is 581 g/mol. The van der Waals surface area contributed by atoms with Gasteiger partial charge in [0.1, 0.15) is 11.6 Å². The lowest BCUT2D eigenvalue weighted by Crippen LogP contribution is -2.58. The van der Waals surface area contributed by atoms with Gasteiger partial charge in [-0.2, -0.15) is 23.5 Å². The number of rotatable bonds is 7. The third kappa shape index (κ3) is 6.63. The predicted molar refractivity (Wildman–Crippen MR) is 135 cm³/mol. The second kappa shape index (κ2) is 10.8. The molecule has 39 heavy (non-hydrogen) atoms. The van der Waals surface area contributed by atoms with Crippen LogP contribution in [-0.2, 0) is 34.3 Å². The molecule has 0 unspecified atom stereocenters. The Morgan fingerprint density at radius 3 is 2.56 bits per heavy atom. The van der Waals surface area contributed by atoms with Gasteiger partial charge in [0.15, 0.2) is 15.5 Å². The molecule has 2 N–H and O–H groups in total. The minimum absolute atomic E-state index is 0.0279. The molecule has 0 bridgehead atoms. The first-order valence-corrected chi connectivity index (χ1v) is 14.3. The van der Waals surface area contributed by atoms with Crippen LogP contribution >= 0.6 is 11.3 Å². The Morgan fingerprint density at radius 1 is 1.26 bits per heavy atom. The molecular formula is C24H23F3N6O4S2. The van der Waals surface area contributed by atoms with Crippen LogP contribution in [0.1, 0.15) is 33.8 Å². The molecule has 1 aliphatic heterocycles. The van der Waals surface area contributed by atoms with Crippen molar-refractivity contribution in [2.24, 2.45) is 7.05 Å². The highest BCUT2D eigenvalue weighted by atomic mass is 32.2. The second-order valence-corrected chi connectivity index (χ2v) is 12.5. The van der Waals surface area contributed by atoms with Gasteiger partial charge in [0.05, 0.1) is 33.0 Å². The van der Waals surface area contributed by atoms with Crippen LogP contribution in [0, 0.1) is 11.3 Å². The Balaban J connectivity index is 1.54. The number of aryl methyl sites for hydroxylation is 1. The fraction of sp³-hybridized carbons (Fsp3) is 0.375. The summed E-state index contributed by atoms with van der Waals surface area (Å²) in [4.78, 5) is 31.0. The molecule has 206 valence electrons. The van der Waals surface area contributed by atoms with Crippen LogP contribution < -0.4 is 10.6 Å². The van der Waals surface area contributed by atoms with Crippen molar-refractivity contribution in [3.05, 3.63) is 58.9 Å². The summed E-state index contributed by atoms with van der Waals surface area (Å²) >= 11 is 0.928. The van der Waals surface area contributed by atoms with Gasteiger partial charge in [-0.25, -0.2) is 8.42 Å². The van der Waals surface area contributed by atoms with E-state index in [1.807, 2.05) is 6.07 Å². The largest absolute Gasteiger partial charge is 0.435 e. The molecule has 10 nitrogen and oxygen atoms in total. The number of hydrogen-bond donors (Lipinski definition) is 2. The van der Waals surface area contributed by atoms with E-state index in [9.17, 15) is 36.4 Å². The topological polar surface area (TPSA) is 147 Å². The Morgan fingerprint density at radius 2 is 1.97 bits per heavy atom. The molecule has 0 aromatic carbocycles. The van der Waals surface area contributed by atoms with E-state index in [1.54, 1.807) is 18.3 Å². The molecule has 0 spiro atoms. The SMILES string of the molecule is Cn1nc(C(F)(F)F)cc1-c1ccc(C(=O)N[C@@H](Cc2cccnc2)C(=O)NC2(C#N)CCS(=O)(=O)CC2)s1. The fourth-order valence-corrected chi connectivity index (χ4v) is 6.58. The number of nitrogens with zero attached hydrogens (tertiary/aromatic N) is 4. The Bertz CT molecular complexity index is 1510. The number of hydrogen-bond acceptors (Lipinski definition) is 8. The number of aromatic nitrogens is 3. The van der Waals surface area contributed by atoms with Crippen molar-refractivity contribution in [2.45, 2.75) is 37.0 Å². The first kappa shape index (κ1) is 28.2.